The van der Waals surface area contributed by atoms with Gasteiger partial charge in [-0.1, -0.05) is 82.4 Å². The molecule has 1 N–H and O–H groups in total. The number of hydrogen-bond donors (Lipinski definition) is 1. The van der Waals surface area contributed by atoms with Crippen LogP contribution in [-0.4, -0.2) is 22.7 Å². The van der Waals surface area contributed by atoms with E-state index in [1.54, 1.807) is 0 Å². The quantitative estimate of drug-likeness (QED) is 0.274. The van der Waals surface area contributed by atoms with Crippen LogP contribution in [0.2, 0.25) is 0 Å². The molecule has 0 aromatic rings. The maximum Gasteiger partial charge on any atom is 0.0723 e. The summed E-state index contributed by atoms with van der Waals surface area (Å²) in [5.41, 5.74) is 0. The lowest BCUT2D eigenvalue weighted by atomic mass is 10.1. The van der Waals surface area contributed by atoms with Crippen molar-refractivity contribution in [1.29, 1.82) is 0 Å². The lowest BCUT2D eigenvalue weighted by Crippen LogP contribution is -2.00. The molecule has 1 atom stereocenters. The van der Waals surface area contributed by atoms with Gasteiger partial charge in [-0.25, -0.2) is 0 Å². The third kappa shape index (κ3) is 15.6. The molecule has 0 fully saturated rings. The molecule has 0 spiro atoms. The molecule has 1 nitrogen and oxygen atoms in total. The predicted molar refractivity (Wildman–Crippen MR) is 94.4 cm³/mol. The van der Waals surface area contributed by atoms with Crippen LogP contribution in [0.25, 0.3) is 0 Å². The molecule has 0 rings (SSSR count). The molecule has 0 saturated carbocycles. The average Bonchev–Trinajstić information content (AvgIpc) is 2.45. The second-order valence-corrected chi connectivity index (χ2v) is 6.10. The van der Waals surface area contributed by atoms with E-state index in [4.69, 9.17) is 0 Å². The molecule has 0 aromatic carbocycles. The van der Waals surface area contributed by atoms with Gasteiger partial charge in [-0.2, -0.15) is 11.8 Å². The third-order valence-electron chi connectivity index (χ3n) is 3.00. The lowest BCUT2D eigenvalue weighted by molar-refractivity contribution is 0.208. The van der Waals surface area contributed by atoms with E-state index in [2.05, 4.69) is 32.1 Å². The molecule has 0 amide bonds. The third-order valence-corrected chi connectivity index (χ3v) is 3.86. The molecule has 2 heteroatoms. The Bertz CT molecular complexity index is 269. The minimum absolute atomic E-state index is 0.277. The highest BCUT2D eigenvalue weighted by molar-refractivity contribution is 7.99. The summed E-state index contributed by atoms with van der Waals surface area (Å²) in [6, 6.07) is 0. The SMILES string of the molecule is CCCC/C=C\CSC/C=C\C=C\[C@@H](O)CCCCC. The van der Waals surface area contributed by atoms with Gasteiger partial charge in [0.1, 0.15) is 0 Å². The maximum absolute atomic E-state index is 9.68. The Morgan fingerprint density at radius 1 is 0.900 bits per heavy atom. The number of hydrogen-bond acceptors (Lipinski definition) is 2. The summed E-state index contributed by atoms with van der Waals surface area (Å²) < 4.78 is 0. The van der Waals surface area contributed by atoms with Crippen LogP contribution in [-0.2, 0) is 0 Å². The van der Waals surface area contributed by atoms with Gasteiger partial charge in [0.25, 0.3) is 0 Å². The van der Waals surface area contributed by atoms with Crippen LogP contribution >= 0.6 is 11.8 Å². The van der Waals surface area contributed by atoms with Crippen molar-refractivity contribution in [2.24, 2.45) is 0 Å². The number of aliphatic hydroxyl groups is 1. The van der Waals surface area contributed by atoms with Gasteiger partial charge in [-0.3, -0.25) is 0 Å². The van der Waals surface area contributed by atoms with Crippen LogP contribution < -0.4 is 0 Å². The van der Waals surface area contributed by atoms with Crippen molar-refractivity contribution in [2.45, 2.75) is 64.9 Å². The number of allylic oxidation sites excluding steroid dienone is 3. The van der Waals surface area contributed by atoms with Gasteiger partial charge >= 0.3 is 0 Å². The summed E-state index contributed by atoms with van der Waals surface area (Å²) in [6.07, 6.45) is 20.5. The molecular weight excluding hydrogens is 264 g/mol. The van der Waals surface area contributed by atoms with Gasteiger partial charge in [0.05, 0.1) is 6.10 Å². The fourth-order valence-corrected chi connectivity index (χ4v) is 2.39. The first kappa shape index (κ1) is 19.5. The summed E-state index contributed by atoms with van der Waals surface area (Å²) in [7, 11) is 0. The average molecular weight is 297 g/mol. The first-order valence-corrected chi connectivity index (χ1v) is 9.20. The Balaban J connectivity index is 3.44. The van der Waals surface area contributed by atoms with E-state index < -0.39 is 0 Å². The summed E-state index contributed by atoms with van der Waals surface area (Å²) in [6.45, 7) is 4.41. The molecule has 0 aliphatic rings. The van der Waals surface area contributed by atoms with Gasteiger partial charge in [-0.15, -0.1) is 0 Å². The van der Waals surface area contributed by atoms with E-state index in [0.717, 1.165) is 24.3 Å². The van der Waals surface area contributed by atoms with Gasteiger partial charge in [-0.05, 0) is 12.8 Å². The van der Waals surface area contributed by atoms with Crippen molar-refractivity contribution < 1.29 is 5.11 Å². The van der Waals surface area contributed by atoms with Crippen LogP contribution in [0.3, 0.4) is 0 Å². The lowest BCUT2D eigenvalue weighted by Gasteiger charge is -2.02. The van der Waals surface area contributed by atoms with E-state index >= 15 is 0 Å². The van der Waals surface area contributed by atoms with Crippen LogP contribution in [0.15, 0.2) is 36.5 Å². The van der Waals surface area contributed by atoms with Crippen LogP contribution in [0.4, 0.5) is 0 Å². The van der Waals surface area contributed by atoms with Crippen LogP contribution in [0, 0.1) is 0 Å². The fraction of sp³-hybridized carbons (Fsp3) is 0.667. The molecule has 0 aliphatic heterocycles. The Labute approximate surface area is 130 Å². The Kier molecular flexibility index (Phi) is 16.2. The van der Waals surface area contributed by atoms with Crippen LogP contribution in [0.5, 0.6) is 0 Å². The highest BCUT2D eigenvalue weighted by atomic mass is 32.2. The zero-order valence-corrected chi connectivity index (χ0v) is 14.1. The first-order chi connectivity index (χ1) is 9.81. The van der Waals surface area contributed by atoms with Crippen molar-refractivity contribution in [3.8, 4) is 0 Å². The second kappa shape index (κ2) is 16.6. The summed E-state index contributed by atoms with van der Waals surface area (Å²) in [5.74, 6) is 2.13. The standard InChI is InChI=1S/C18H32OS/c1-3-5-7-8-12-16-20-17-13-9-11-15-18(19)14-10-6-4-2/h8-9,11-13,15,18-19H,3-7,10,14,16-17H2,1-2H3/b12-8-,13-9-,15-11+/t18-/m0/s1. The molecule has 0 saturated heterocycles. The number of thioether (sulfide) groups is 1. The zero-order chi connectivity index (χ0) is 14.9. The molecule has 0 aromatic heterocycles. The van der Waals surface area contributed by atoms with Gasteiger partial charge in [0.2, 0.25) is 0 Å². The van der Waals surface area contributed by atoms with Crippen molar-refractivity contribution in [3.05, 3.63) is 36.5 Å². The summed E-state index contributed by atoms with van der Waals surface area (Å²) >= 11 is 1.92. The largest absolute Gasteiger partial charge is 0.389 e. The van der Waals surface area contributed by atoms with E-state index in [-0.39, 0.29) is 6.10 Å². The molecule has 20 heavy (non-hydrogen) atoms. The molecule has 0 radical (unpaired) electrons. The topological polar surface area (TPSA) is 20.2 Å². The Hall–Kier alpha value is -0.470. The number of rotatable bonds is 13. The highest BCUT2D eigenvalue weighted by Crippen LogP contribution is 2.05. The summed E-state index contributed by atoms with van der Waals surface area (Å²) in [4.78, 5) is 0. The minimum Gasteiger partial charge on any atom is -0.389 e. The minimum atomic E-state index is -0.277. The van der Waals surface area contributed by atoms with Crippen molar-refractivity contribution in [3.63, 3.8) is 0 Å². The van der Waals surface area contributed by atoms with Gasteiger partial charge < -0.3 is 5.11 Å². The van der Waals surface area contributed by atoms with Crippen molar-refractivity contribution in [1.82, 2.24) is 0 Å². The second-order valence-electron chi connectivity index (χ2n) is 5.03. The van der Waals surface area contributed by atoms with Gasteiger partial charge in [0.15, 0.2) is 0 Å². The van der Waals surface area contributed by atoms with Crippen molar-refractivity contribution in [2.75, 3.05) is 11.5 Å². The molecule has 0 heterocycles. The monoisotopic (exact) mass is 296 g/mol. The smallest absolute Gasteiger partial charge is 0.0723 e. The molecule has 116 valence electrons. The zero-order valence-electron chi connectivity index (χ0n) is 13.3. The number of aliphatic hydroxyl groups excluding tert-OH is 1. The maximum atomic E-state index is 9.68. The van der Waals surface area contributed by atoms with Gasteiger partial charge in [0, 0.05) is 11.5 Å². The van der Waals surface area contributed by atoms with Crippen molar-refractivity contribution >= 4 is 11.8 Å². The predicted octanol–water partition coefficient (Wildman–Crippen LogP) is 5.52. The summed E-state index contributed by atoms with van der Waals surface area (Å²) in [5, 5.41) is 9.68. The molecule has 0 aliphatic carbocycles. The molecule has 0 bridgehead atoms. The Morgan fingerprint density at radius 2 is 1.65 bits per heavy atom. The fourth-order valence-electron chi connectivity index (χ4n) is 1.74. The molecule has 0 unspecified atom stereocenters. The van der Waals surface area contributed by atoms with E-state index in [0.29, 0.717) is 0 Å². The molecular formula is C18H32OS. The van der Waals surface area contributed by atoms with Crippen LogP contribution in [0.1, 0.15) is 58.8 Å². The normalized spacial score (nSPS) is 13.9. The Morgan fingerprint density at radius 3 is 2.40 bits per heavy atom. The van der Waals surface area contributed by atoms with E-state index in [1.807, 2.05) is 30.0 Å². The van der Waals surface area contributed by atoms with E-state index in [1.165, 1.54) is 32.1 Å². The number of unbranched alkanes of at least 4 members (excludes halogenated alkanes) is 4. The highest BCUT2D eigenvalue weighted by Gasteiger charge is 1.96. The first-order valence-electron chi connectivity index (χ1n) is 8.05. The van der Waals surface area contributed by atoms with E-state index in [9.17, 15) is 5.11 Å².